The van der Waals surface area contributed by atoms with Crippen molar-refractivity contribution in [2.75, 3.05) is 19.5 Å². The summed E-state index contributed by atoms with van der Waals surface area (Å²) in [5, 5.41) is 7.94. The number of aromatic nitrogens is 3. The van der Waals surface area contributed by atoms with Gasteiger partial charge in [0.1, 0.15) is 12.6 Å². The van der Waals surface area contributed by atoms with Gasteiger partial charge in [0.15, 0.2) is 16.6 Å². The van der Waals surface area contributed by atoms with Crippen LogP contribution in [0, 0.1) is 5.92 Å². The van der Waals surface area contributed by atoms with Gasteiger partial charge in [0.05, 0.1) is 31.4 Å². The van der Waals surface area contributed by atoms with E-state index < -0.39 is 17.5 Å². The third kappa shape index (κ3) is 5.05. The van der Waals surface area contributed by atoms with Gasteiger partial charge in [-0.25, -0.2) is 9.97 Å². The second kappa shape index (κ2) is 10.2. The molecule has 0 spiro atoms. The molecule has 0 radical (unpaired) electrons. The van der Waals surface area contributed by atoms with Crippen LogP contribution < -0.4 is 25.7 Å². The minimum atomic E-state index is -0.773. The summed E-state index contributed by atoms with van der Waals surface area (Å²) < 4.78 is 11.7. The lowest BCUT2D eigenvalue weighted by molar-refractivity contribution is -0.128. The number of nitrogens with one attached hydrogen (secondary N) is 2. The van der Waals surface area contributed by atoms with E-state index in [0.29, 0.717) is 28.6 Å². The van der Waals surface area contributed by atoms with Gasteiger partial charge in [0.25, 0.3) is 5.56 Å². The number of methoxy groups -OCH3 is 2. The summed E-state index contributed by atoms with van der Waals surface area (Å²) in [4.78, 5) is 46.6. The molecule has 0 bridgehead atoms. The van der Waals surface area contributed by atoms with Gasteiger partial charge < -0.3 is 20.1 Å². The Morgan fingerprint density at radius 1 is 1.19 bits per heavy atom. The number of carbonyl (C=O) groups is 2. The van der Waals surface area contributed by atoms with E-state index in [-0.39, 0.29) is 23.8 Å². The van der Waals surface area contributed by atoms with E-state index in [9.17, 15) is 14.4 Å². The van der Waals surface area contributed by atoms with Crippen molar-refractivity contribution >= 4 is 39.2 Å². The molecule has 170 valence electrons. The average Bonchev–Trinajstić information content (AvgIpc) is 3.31. The van der Waals surface area contributed by atoms with Gasteiger partial charge in [-0.3, -0.25) is 19.0 Å². The minimum Gasteiger partial charge on any atom is -0.493 e. The van der Waals surface area contributed by atoms with Crippen molar-refractivity contribution in [2.45, 2.75) is 32.9 Å². The molecule has 3 aromatic rings. The predicted octanol–water partition coefficient (Wildman–Crippen LogP) is 2.04. The van der Waals surface area contributed by atoms with Gasteiger partial charge in [0.2, 0.25) is 11.8 Å². The molecule has 0 fully saturated rings. The zero-order chi connectivity index (χ0) is 23.3. The average molecular weight is 460 g/mol. The number of anilines is 1. The maximum absolute atomic E-state index is 12.9. The molecule has 2 atom stereocenters. The van der Waals surface area contributed by atoms with E-state index in [4.69, 9.17) is 9.47 Å². The van der Waals surface area contributed by atoms with Gasteiger partial charge in [-0.1, -0.05) is 20.3 Å². The zero-order valence-electron chi connectivity index (χ0n) is 18.2. The Balaban J connectivity index is 1.80. The standard InChI is InChI=1S/C21H25N5O5S/c1-5-12(2)18(19(28)25-21-22-6-7-32-21)24-17(27)10-26-11-23-14-9-16(31-4)15(30-3)8-13(14)20(26)29/h6-9,11-12,18H,5,10H2,1-4H3,(H,24,27)(H,22,25,28)/t12-,18+/m1/s1. The Bertz CT molecular complexity index is 1160. The van der Waals surface area contributed by atoms with Crippen molar-refractivity contribution in [2.24, 2.45) is 5.92 Å². The maximum Gasteiger partial charge on any atom is 0.261 e. The van der Waals surface area contributed by atoms with Gasteiger partial charge in [-0.2, -0.15) is 0 Å². The highest BCUT2D eigenvalue weighted by atomic mass is 32.1. The predicted molar refractivity (Wildman–Crippen MR) is 121 cm³/mol. The second-order valence-electron chi connectivity index (χ2n) is 7.16. The highest BCUT2D eigenvalue weighted by Crippen LogP contribution is 2.29. The summed E-state index contributed by atoms with van der Waals surface area (Å²) in [6.45, 7) is 3.52. The Kier molecular flexibility index (Phi) is 7.41. The summed E-state index contributed by atoms with van der Waals surface area (Å²) in [6, 6.07) is 2.35. The van der Waals surface area contributed by atoms with Crippen molar-refractivity contribution in [1.29, 1.82) is 0 Å². The molecule has 0 aliphatic carbocycles. The monoisotopic (exact) mass is 459 g/mol. The number of benzene rings is 1. The van der Waals surface area contributed by atoms with Crippen LogP contribution in [0.4, 0.5) is 5.13 Å². The van der Waals surface area contributed by atoms with Crippen LogP contribution in [0.2, 0.25) is 0 Å². The molecule has 2 aromatic heterocycles. The maximum atomic E-state index is 12.9. The number of carbonyl (C=O) groups excluding carboxylic acids is 2. The molecule has 0 saturated carbocycles. The summed E-state index contributed by atoms with van der Waals surface area (Å²) in [5.74, 6) is -0.124. The minimum absolute atomic E-state index is 0.123. The van der Waals surface area contributed by atoms with Crippen LogP contribution >= 0.6 is 11.3 Å². The number of rotatable bonds is 9. The molecule has 0 aliphatic heterocycles. The number of hydrogen-bond donors (Lipinski definition) is 2. The molecule has 0 aliphatic rings. The van der Waals surface area contributed by atoms with E-state index in [1.807, 2.05) is 13.8 Å². The molecular formula is C21H25N5O5S. The first-order chi connectivity index (χ1) is 15.4. The number of hydrogen-bond acceptors (Lipinski definition) is 8. The lowest BCUT2D eigenvalue weighted by Gasteiger charge is -2.23. The SMILES string of the molecule is CC[C@@H](C)[C@H](NC(=O)Cn1cnc2cc(OC)c(OC)cc2c1=O)C(=O)Nc1nccs1. The first kappa shape index (κ1) is 23.2. The van der Waals surface area contributed by atoms with Crippen LogP contribution in [0.5, 0.6) is 11.5 Å². The van der Waals surface area contributed by atoms with Gasteiger partial charge in [0, 0.05) is 17.6 Å². The second-order valence-corrected chi connectivity index (χ2v) is 8.05. The number of fused-ring (bicyclic) bond motifs is 1. The first-order valence-corrected chi connectivity index (χ1v) is 10.9. The molecule has 32 heavy (non-hydrogen) atoms. The van der Waals surface area contributed by atoms with Crippen molar-refractivity contribution < 1.29 is 19.1 Å². The molecule has 1 aromatic carbocycles. The summed E-state index contributed by atoms with van der Waals surface area (Å²) in [7, 11) is 2.96. The van der Waals surface area contributed by atoms with Gasteiger partial charge in [-0.15, -0.1) is 11.3 Å². The quantitative estimate of drug-likeness (QED) is 0.502. The first-order valence-electron chi connectivity index (χ1n) is 9.98. The molecule has 2 N–H and O–H groups in total. The van der Waals surface area contributed by atoms with E-state index in [2.05, 4.69) is 20.6 Å². The van der Waals surface area contributed by atoms with Crippen molar-refractivity contribution in [1.82, 2.24) is 19.9 Å². The Morgan fingerprint density at radius 3 is 2.53 bits per heavy atom. The van der Waals surface area contributed by atoms with Crippen LogP contribution in [0.25, 0.3) is 10.9 Å². The van der Waals surface area contributed by atoms with E-state index >= 15 is 0 Å². The van der Waals surface area contributed by atoms with Crippen LogP contribution in [0.1, 0.15) is 20.3 Å². The van der Waals surface area contributed by atoms with Crippen LogP contribution in [-0.2, 0) is 16.1 Å². The van der Waals surface area contributed by atoms with E-state index in [1.54, 1.807) is 17.6 Å². The molecule has 11 heteroatoms. The lowest BCUT2D eigenvalue weighted by atomic mass is 9.98. The third-order valence-corrected chi connectivity index (χ3v) is 5.81. The topological polar surface area (TPSA) is 124 Å². The fourth-order valence-electron chi connectivity index (χ4n) is 3.14. The van der Waals surface area contributed by atoms with E-state index in [0.717, 1.165) is 0 Å². The van der Waals surface area contributed by atoms with Crippen LogP contribution in [-0.4, -0.2) is 46.6 Å². The molecule has 0 unspecified atom stereocenters. The highest BCUT2D eigenvalue weighted by molar-refractivity contribution is 7.13. The Morgan fingerprint density at radius 2 is 1.91 bits per heavy atom. The molecule has 0 saturated heterocycles. The normalized spacial score (nSPS) is 12.8. The third-order valence-electron chi connectivity index (χ3n) is 5.12. The van der Waals surface area contributed by atoms with Gasteiger partial charge in [-0.05, 0) is 12.0 Å². The fraction of sp³-hybridized carbons (Fsp3) is 0.381. The molecule has 10 nitrogen and oxygen atoms in total. The van der Waals surface area contributed by atoms with Crippen molar-refractivity contribution in [3.05, 3.63) is 40.4 Å². The number of nitrogens with zero attached hydrogens (tertiary/aromatic N) is 3. The van der Waals surface area contributed by atoms with Crippen molar-refractivity contribution in [3.8, 4) is 11.5 Å². The van der Waals surface area contributed by atoms with Crippen LogP contribution in [0.3, 0.4) is 0 Å². The van der Waals surface area contributed by atoms with E-state index in [1.165, 1.54) is 42.5 Å². The summed E-state index contributed by atoms with van der Waals surface area (Å²) >= 11 is 1.29. The number of thiazole rings is 1. The molecule has 2 heterocycles. The van der Waals surface area contributed by atoms with Crippen molar-refractivity contribution in [3.63, 3.8) is 0 Å². The summed E-state index contributed by atoms with van der Waals surface area (Å²) in [6.07, 6.45) is 3.56. The zero-order valence-corrected chi connectivity index (χ0v) is 19.1. The fourth-order valence-corrected chi connectivity index (χ4v) is 3.67. The lowest BCUT2D eigenvalue weighted by Crippen LogP contribution is -2.49. The number of ether oxygens (including phenoxy) is 2. The molecular weight excluding hydrogens is 434 g/mol. The Labute approximate surface area is 188 Å². The highest BCUT2D eigenvalue weighted by Gasteiger charge is 2.26. The largest absolute Gasteiger partial charge is 0.493 e. The Hall–Kier alpha value is -3.47. The number of amides is 2. The van der Waals surface area contributed by atoms with Crippen LogP contribution in [0.15, 0.2) is 34.8 Å². The summed E-state index contributed by atoms with van der Waals surface area (Å²) in [5.41, 5.74) is 0.0167. The molecule has 2 amide bonds. The smallest absolute Gasteiger partial charge is 0.261 e. The molecule has 3 rings (SSSR count). The van der Waals surface area contributed by atoms with Gasteiger partial charge >= 0.3 is 0 Å².